The van der Waals surface area contributed by atoms with Crippen LogP contribution in [0.25, 0.3) is 0 Å². The van der Waals surface area contributed by atoms with E-state index in [1.165, 1.54) is 6.07 Å². The smallest absolute Gasteiger partial charge is 0.336 e. The molecule has 19 heavy (non-hydrogen) atoms. The molecule has 0 saturated heterocycles. The first kappa shape index (κ1) is 16.1. The second-order valence-corrected chi connectivity index (χ2v) is 11.4. The standard InChI is InChI=1S/C14H21ClO3Si/c1-9-7-12(11(15)8-10(9)13(16)17)18-19(5,6)14(2,3)4/h7-8H,1-6H3,(H,16,17). The summed E-state index contributed by atoms with van der Waals surface area (Å²) >= 11 is 6.14. The summed E-state index contributed by atoms with van der Waals surface area (Å²) < 4.78 is 6.13. The Morgan fingerprint density at radius 1 is 1.32 bits per heavy atom. The maximum absolute atomic E-state index is 11.0. The summed E-state index contributed by atoms with van der Waals surface area (Å²) in [6.45, 7) is 12.4. The molecule has 0 radical (unpaired) electrons. The van der Waals surface area contributed by atoms with Gasteiger partial charge in [0.05, 0.1) is 10.6 Å². The van der Waals surface area contributed by atoms with Crippen molar-refractivity contribution in [3.8, 4) is 5.75 Å². The summed E-state index contributed by atoms with van der Waals surface area (Å²) in [6.07, 6.45) is 0. The number of hydrogen-bond donors (Lipinski definition) is 1. The van der Waals surface area contributed by atoms with Crippen LogP contribution in [0.4, 0.5) is 0 Å². The maximum atomic E-state index is 11.0. The van der Waals surface area contributed by atoms with Gasteiger partial charge in [0.2, 0.25) is 0 Å². The van der Waals surface area contributed by atoms with Crippen LogP contribution in [0.15, 0.2) is 12.1 Å². The molecule has 1 aromatic rings. The highest BCUT2D eigenvalue weighted by molar-refractivity contribution is 6.74. The summed E-state index contributed by atoms with van der Waals surface area (Å²) in [5.74, 6) is -0.394. The fourth-order valence-corrected chi connectivity index (χ4v) is 2.68. The molecule has 0 amide bonds. The fourth-order valence-electron chi connectivity index (χ4n) is 1.39. The van der Waals surface area contributed by atoms with Crippen molar-refractivity contribution in [3.05, 3.63) is 28.3 Å². The minimum atomic E-state index is -1.98. The lowest BCUT2D eigenvalue weighted by molar-refractivity contribution is 0.0696. The van der Waals surface area contributed by atoms with E-state index in [0.717, 1.165) is 0 Å². The minimum absolute atomic E-state index is 0.0652. The summed E-state index contributed by atoms with van der Waals surface area (Å²) in [5, 5.41) is 9.47. The van der Waals surface area contributed by atoms with Gasteiger partial charge in [-0.1, -0.05) is 32.4 Å². The lowest BCUT2D eigenvalue weighted by atomic mass is 10.1. The van der Waals surface area contributed by atoms with Gasteiger partial charge in [-0.2, -0.15) is 0 Å². The zero-order valence-electron chi connectivity index (χ0n) is 12.3. The second-order valence-electron chi connectivity index (χ2n) is 6.27. The number of aryl methyl sites for hydroxylation is 1. The van der Waals surface area contributed by atoms with Gasteiger partial charge in [0.15, 0.2) is 0 Å². The molecule has 0 unspecified atom stereocenters. The van der Waals surface area contributed by atoms with Gasteiger partial charge in [0.25, 0.3) is 8.32 Å². The second kappa shape index (κ2) is 5.17. The molecule has 0 bridgehead atoms. The Morgan fingerprint density at radius 3 is 2.26 bits per heavy atom. The third-order valence-corrected chi connectivity index (χ3v) is 8.32. The predicted octanol–water partition coefficient (Wildman–Crippen LogP) is 4.73. The number of halogens is 1. The quantitative estimate of drug-likeness (QED) is 0.821. The first-order valence-electron chi connectivity index (χ1n) is 6.18. The molecular formula is C14H21ClO3Si. The van der Waals surface area contributed by atoms with Crippen LogP contribution in [0, 0.1) is 6.92 Å². The third-order valence-electron chi connectivity index (χ3n) is 3.68. The summed E-state index contributed by atoms with van der Waals surface area (Å²) in [7, 11) is -1.98. The molecule has 5 heteroatoms. The van der Waals surface area contributed by atoms with Crippen LogP contribution in [-0.4, -0.2) is 19.4 Å². The van der Waals surface area contributed by atoms with Crippen LogP contribution in [0.1, 0.15) is 36.7 Å². The Morgan fingerprint density at radius 2 is 1.84 bits per heavy atom. The molecule has 1 N–H and O–H groups in total. The molecule has 3 nitrogen and oxygen atoms in total. The molecule has 0 fully saturated rings. The van der Waals surface area contributed by atoms with Crippen LogP contribution in [0.2, 0.25) is 23.2 Å². The summed E-state index contributed by atoms with van der Waals surface area (Å²) in [6, 6.07) is 3.17. The maximum Gasteiger partial charge on any atom is 0.336 e. The van der Waals surface area contributed by atoms with E-state index in [1.54, 1.807) is 13.0 Å². The molecule has 0 spiro atoms. The van der Waals surface area contributed by atoms with Crippen LogP contribution in [0.3, 0.4) is 0 Å². The summed E-state index contributed by atoms with van der Waals surface area (Å²) in [4.78, 5) is 11.0. The zero-order valence-corrected chi connectivity index (χ0v) is 14.1. The van der Waals surface area contributed by atoms with Crippen LogP contribution >= 0.6 is 11.6 Å². The normalized spacial score (nSPS) is 12.4. The van der Waals surface area contributed by atoms with Crippen molar-refractivity contribution in [1.29, 1.82) is 0 Å². The first-order valence-corrected chi connectivity index (χ1v) is 9.47. The van der Waals surface area contributed by atoms with E-state index < -0.39 is 14.3 Å². The highest BCUT2D eigenvalue weighted by Gasteiger charge is 2.39. The third kappa shape index (κ3) is 3.51. The number of rotatable bonds is 3. The number of carbonyl (C=O) groups is 1. The number of benzene rings is 1. The van der Waals surface area contributed by atoms with E-state index in [9.17, 15) is 4.79 Å². The van der Waals surface area contributed by atoms with Gasteiger partial charge in [-0.05, 0) is 42.8 Å². The minimum Gasteiger partial charge on any atom is -0.542 e. The molecule has 1 aromatic carbocycles. The Hall–Kier alpha value is -1.00. The molecule has 0 aliphatic heterocycles. The zero-order chi connectivity index (χ0) is 15.0. The van der Waals surface area contributed by atoms with Crippen LogP contribution in [-0.2, 0) is 0 Å². The van der Waals surface area contributed by atoms with E-state index in [1.807, 2.05) is 0 Å². The lowest BCUT2D eigenvalue weighted by Gasteiger charge is -2.36. The Kier molecular flexibility index (Phi) is 4.37. The molecule has 0 aromatic heterocycles. The Bertz CT molecular complexity index is 504. The first-order chi connectivity index (χ1) is 8.45. The molecule has 0 atom stereocenters. The van der Waals surface area contributed by atoms with Crippen molar-refractivity contribution in [2.45, 2.75) is 45.8 Å². The van der Waals surface area contributed by atoms with Crippen LogP contribution < -0.4 is 4.43 Å². The molecule has 0 aliphatic rings. The average molecular weight is 301 g/mol. The SMILES string of the molecule is Cc1cc(O[Si](C)(C)C(C)(C)C)c(Cl)cc1C(=O)O. The van der Waals surface area contributed by atoms with Gasteiger partial charge in [-0.3, -0.25) is 0 Å². The summed E-state index contributed by atoms with van der Waals surface area (Å²) in [5.41, 5.74) is 0.873. The number of carboxylic acid groups (broad SMARTS) is 1. The van der Waals surface area contributed by atoms with Gasteiger partial charge < -0.3 is 9.53 Å². The van der Waals surface area contributed by atoms with Crippen molar-refractivity contribution in [1.82, 2.24) is 0 Å². The fraction of sp³-hybridized carbons (Fsp3) is 0.500. The molecule has 0 aliphatic carbocycles. The van der Waals surface area contributed by atoms with Crippen molar-refractivity contribution < 1.29 is 14.3 Å². The van der Waals surface area contributed by atoms with Gasteiger partial charge in [0.1, 0.15) is 5.75 Å². The van der Waals surface area contributed by atoms with E-state index in [-0.39, 0.29) is 10.6 Å². The lowest BCUT2D eigenvalue weighted by Crippen LogP contribution is -2.44. The monoisotopic (exact) mass is 300 g/mol. The topological polar surface area (TPSA) is 46.5 Å². The molecule has 0 heterocycles. The molecule has 0 saturated carbocycles. The molecule has 1 rings (SSSR count). The van der Waals surface area contributed by atoms with Gasteiger partial charge in [-0.15, -0.1) is 0 Å². The number of aromatic carboxylic acids is 1. The van der Waals surface area contributed by atoms with Gasteiger partial charge >= 0.3 is 5.97 Å². The van der Waals surface area contributed by atoms with E-state index in [2.05, 4.69) is 33.9 Å². The number of carboxylic acids is 1. The van der Waals surface area contributed by atoms with Crippen molar-refractivity contribution in [2.75, 3.05) is 0 Å². The van der Waals surface area contributed by atoms with Crippen LogP contribution in [0.5, 0.6) is 5.75 Å². The van der Waals surface area contributed by atoms with Gasteiger partial charge in [0, 0.05) is 0 Å². The van der Waals surface area contributed by atoms with Crippen molar-refractivity contribution >= 4 is 25.9 Å². The highest BCUT2D eigenvalue weighted by atomic mass is 35.5. The average Bonchev–Trinajstić information content (AvgIpc) is 2.20. The van der Waals surface area contributed by atoms with E-state index in [0.29, 0.717) is 16.3 Å². The highest BCUT2D eigenvalue weighted by Crippen LogP contribution is 2.39. The predicted molar refractivity (Wildman–Crippen MR) is 81.0 cm³/mol. The molecule has 106 valence electrons. The largest absolute Gasteiger partial charge is 0.542 e. The van der Waals surface area contributed by atoms with Gasteiger partial charge in [-0.25, -0.2) is 4.79 Å². The van der Waals surface area contributed by atoms with Crippen molar-refractivity contribution in [2.24, 2.45) is 0 Å². The van der Waals surface area contributed by atoms with Crippen molar-refractivity contribution in [3.63, 3.8) is 0 Å². The number of hydrogen-bond acceptors (Lipinski definition) is 2. The Balaban J connectivity index is 3.18. The molecular weight excluding hydrogens is 280 g/mol. The van der Waals surface area contributed by atoms with E-state index >= 15 is 0 Å². The van der Waals surface area contributed by atoms with E-state index in [4.69, 9.17) is 21.1 Å². The Labute approximate surface area is 120 Å².